The highest BCUT2D eigenvalue weighted by atomic mass is 32.2. The van der Waals surface area contributed by atoms with Gasteiger partial charge in [-0.3, -0.25) is 38.5 Å². The predicted octanol–water partition coefficient (Wildman–Crippen LogP) is 0.871. The van der Waals surface area contributed by atoms with Crippen LogP contribution >= 0.6 is 0 Å². The van der Waals surface area contributed by atoms with Gasteiger partial charge < -0.3 is 15.2 Å². The number of aromatic hydroxyl groups is 1. The van der Waals surface area contributed by atoms with Gasteiger partial charge in [0.25, 0.3) is 5.91 Å². The van der Waals surface area contributed by atoms with Gasteiger partial charge >= 0.3 is 15.9 Å². The highest BCUT2D eigenvalue weighted by Gasteiger charge is 2.38. The number of nitrogens with one attached hydrogen (secondary N) is 3. The number of benzene rings is 3. The third kappa shape index (κ3) is 6.54. The maximum Gasteiger partial charge on any atom is 0.329 e. The summed E-state index contributed by atoms with van der Waals surface area (Å²) >= 11 is 0. The van der Waals surface area contributed by atoms with Gasteiger partial charge in [-0.1, -0.05) is 12.1 Å². The smallest absolute Gasteiger partial charge is 0.329 e. The number of likely N-dealkylation sites (tertiary alicyclic amines) is 1. The van der Waals surface area contributed by atoms with Crippen LogP contribution in [0.15, 0.2) is 47.3 Å². The van der Waals surface area contributed by atoms with E-state index >= 15 is 4.39 Å². The molecule has 1 atom stereocenters. The van der Waals surface area contributed by atoms with E-state index in [2.05, 4.69) is 15.5 Å². The molecule has 4 aromatic rings. The van der Waals surface area contributed by atoms with Gasteiger partial charge in [-0.15, -0.1) is 0 Å². The molecule has 18 heteroatoms. The molecule has 3 saturated heterocycles. The number of carbonyl (C=O) groups is 4. The van der Waals surface area contributed by atoms with Crippen LogP contribution in [-0.2, 0) is 36.4 Å². The zero-order valence-electron chi connectivity index (χ0n) is 28.1. The molecule has 3 fully saturated rings. The predicted molar refractivity (Wildman–Crippen MR) is 185 cm³/mol. The maximum atomic E-state index is 15.5. The second kappa shape index (κ2) is 13.6. The highest BCUT2D eigenvalue weighted by Crippen LogP contribution is 2.39. The van der Waals surface area contributed by atoms with E-state index in [1.807, 2.05) is 18.2 Å². The zero-order chi connectivity index (χ0) is 36.9. The Morgan fingerprint density at radius 2 is 1.79 bits per heavy atom. The maximum absolute atomic E-state index is 15.5. The van der Waals surface area contributed by atoms with Crippen LogP contribution in [0.2, 0.25) is 0 Å². The van der Waals surface area contributed by atoms with E-state index in [4.69, 9.17) is 4.74 Å². The van der Waals surface area contributed by atoms with Gasteiger partial charge in [0, 0.05) is 18.9 Å². The number of carbonyl (C=O) groups excluding carboxylic acids is 4. The molecule has 4 N–H and O–H groups in total. The standard InChI is InChI=1S/C34H36FN7O9S/c1-39-26-14-20(3-5-24(26)42(34(39)48)25-6-7-28(44)37-33(25)47)19-8-11-40(12-9-19)17-29(45)36-10-13-51-22-4-2-21-15-27(43)32(31(35)23(21)16-22)41-18-30(46)38-52(41,49)50/h2-5,14-16,19,25,43H,6-13,17-18H2,1H3,(H,36,45)(H,38,46)(H,37,44,47)/t25-/m0/s1. The summed E-state index contributed by atoms with van der Waals surface area (Å²) < 4.78 is 50.9. The van der Waals surface area contributed by atoms with E-state index in [0.717, 1.165) is 18.4 Å². The summed E-state index contributed by atoms with van der Waals surface area (Å²) in [4.78, 5) is 63.7. The molecule has 0 spiro atoms. The summed E-state index contributed by atoms with van der Waals surface area (Å²) in [5.41, 5.74) is 1.46. The second-order valence-corrected chi connectivity index (χ2v) is 14.7. The molecule has 4 amide bonds. The van der Waals surface area contributed by atoms with Crippen LogP contribution in [-0.4, -0.2) is 90.5 Å². The molecular weight excluding hydrogens is 701 g/mol. The third-order valence-electron chi connectivity index (χ3n) is 9.83. The molecule has 0 bridgehead atoms. The van der Waals surface area contributed by atoms with Gasteiger partial charge in [0.2, 0.25) is 17.7 Å². The molecule has 52 heavy (non-hydrogen) atoms. The van der Waals surface area contributed by atoms with E-state index < -0.39 is 51.9 Å². The lowest BCUT2D eigenvalue weighted by atomic mass is 9.89. The van der Waals surface area contributed by atoms with E-state index in [9.17, 15) is 37.5 Å². The molecule has 3 aliphatic heterocycles. The number of ether oxygens (including phenoxy) is 1. The monoisotopic (exact) mass is 737 g/mol. The second-order valence-electron chi connectivity index (χ2n) is 13.2. The molecule has 0 radical (unpaired) electrons. The number of phenolic OH excluding ortho intramolecular Hbond substituents is 1. The summed E-state index contributed by atoms with van der Waals surface area (Å²) in [7, 11) is -2.68. The molecule has 0 saturated carbocycles. The minimum absolute atomic E-state index is 0.0260. The number of phenols is 1. The van der Waals surface area contributed by atoms with E-state index in [0.29, 0.717) is 28.4 Å². The number of piperidine rings is 2. The normalized spacial score (nSPS) is 19.6. The molecule has 16 nitrogen and oxygen atoms in total. The Kier molecular flexibility index (Phi) is 9.12. The van der Waals surface area contributed by atoms with Crippen LogP contribution in [0.4, 0.5) is 10.1 Å². The molecule has 3 aromatic carbocycles. The lowest BCUT2D eigenvalue weighted by molar-refractivity contribution is -0.135. The number of aryl methyl sites for hydroxylation is 1. The molecule has 0 aliphatic carbocycles. The van der Waals surface area contributed by atoms with Crippen LogP contribution < -0.4 is 30.1 Å². The van der Waals surface area contributed by atoms with Gasteiger partial charge in [-0.25, -0.2) is 18.2 Å². The number of aromatic nitrogens is 2. The third-order valence-corrected chi connectivity index (χ3v) is 11.2. The van der Waals surface area contributed by atoms with Gasteiger partial charge in [0.15, 0.2) is 5.82 Å². The Labute approximate surface area is 296 Å². The van der Waals surface area contributed by atoms with Crippen molar-refractivity contribution in [3.05, 3.63) is 64.3 Å². The van der Waals surface area contributed by atoms with Crippen molar-refractivity contribution in [1.82, 2.24) is 29.4 Å². The summed E-state index contributed by atoms with van der Waals surface area (Å²) in [6.45, 7) is 1.14. The van der Waals surface area contributed by atoms with E-state index in [1.54, 1.807) is 17.8 Å². The number of anilines is 1. The molecule has 3 aliphatic rings. The van der Waals surface area contributed by atoms with E-state index in [1.165, 1.54) is 27.3 Å². The summed E-state index contributed by atoms with van der Waals surface area (Å²) in [5, 5.41) is 15.8. The van der Waals surface area contributed by atoms with Gasteiger partial charge in [-0.2, -0.15) is 8.42 Å². The average molecular weight is 738 g/mol. The van der Waals surface area contributed by atoms with Crippen LogP contribution in [0.1, 0.15) is 43.2 Å². The summed E-state index contributed by atoms with van der Waals surface area (Å²) in [6, 6.07) is 10.7. The topological polar surface area (TPSA) is 201 Å². The summed E-state index contributed by atoms with van der Waals surface area (Å²) in [6.07, 6.45) is 2.05. The van der Waals surface area contributed by atoms with Crippen molar-refractivity contribution in [3.8, 4) is 11.5 Å². The van der Waals surface area contributed by atoms with Crippen molar-refractivity contribution in [1.29, 1.82) is 0 Å². The first kappa shape index (κ1) is 34.9. The Morgan fingerprint density at radius 3 is 2.50 bits per heavy atom. The first-order valence-electron chi connectivity index (χ1n) is 16.8. The first-order valence-corrected chi connectivity index (χ1v) is 18.2. The molecule has 7 rings (SSSR count). The average Bonchev–Trinajstić information content (AvgIpc) is 3.52. The number of fused-ring (bicyclic) bond motifs is 2. The molecular formula is C34H36FN7O9S. The van der Waals surface area contributed by atoms with Gasteiger partial charge in [0.1, 0.15) is 36.4 Å². The lowest BCUT2D eigenvalue weighted by Gasteiger charge is -2.31. The number of hydrogen-bond acceptors (Lipinski definition) is 10. The van der Waals surface area contributed by atoms with Crippen molar-refractivity contribution in [2.24, 2.45) is 7.05 Å². The first-order chi connectivity index (χ1) is 24.8. The minimum atomic E-state index is -4.35. The van der Waals surface area contributed by atoms with Crippen molar-refractivity contribution in [2.45, 2.75) is 37.6 Å². The number of halogens is 1. The number of imide groups is 1. The van der Waals surface area contributed by atoms with Gasteiger partial charge in [-0.05, 0) is 79.6 Å². The van der Waals surface area contributed by atoms with Gasteiger partial charge in [0.05, 0.1) is 24.1 Å². The largest absolute Gasteiger partial charge is 0.506 e. The fourth-order valence-corrected chi connectivity index (χ4v) is 8.35. The van der Waals surface area contributed by atoms with Crippen molar-refractivity contribution < 1.29 is 41.8 Å². The van der Waals surface area contributed by atoms with Crippen molar-refractivity contribution >= 4 is 61.3 Å². The number of nitrogens with zero attached hydrogens (tertiary/aromatic N) is 4. The van der Waals surface area contributed by atoms with Crippen molar-refractivity contribution in [2.75, 3.05) is 43.6 Å². The molecule has 4 heterocycles. The summed E-state index contributed by atoms with van der Waals surface area (Å²) in [5.74, 6) is -3.06. The SMILES string of the molecule is Cn1c(=O)n([C@H]2CCC(=O)NC2=O)c2ccc(C3CCN(CC(=O)NCCOc4ccc5cc(O)c(N6CC(=O)NS6(=O)=O)c(F)c5c4)CC3)cc21. The number of hydrogen-bond donors (Lipinski definition) is 4. The fourth-order valence-electron chi connectivity index (χ4n) is 7.19. The Hall–Kier alpha value is -5.49. The number of rotatable bonds is 9. The minimum Gasteiger partial charge on any atom is -0.506 e. The van der Waals surface area contributed by atoms with Crippen LogP contribution in [0, 0.1) is 5.82 Å². The van der Waals surface area contributed by atoms with E-state index in [-0.39, 0.29) is 72.5 Å². The van der Waals surface area contributed by atoms with Crippen LogP contribution in [0.5, 0.6) is 11.5 Å². The number of amides is 4. The number of imidazole rings is 1. The zero-order valence-corrected chi connectivity index (χ0v) is 28.9. The molecule has 1 aromatic heterocycles. The van der Waals surface area contributed by atoms with Crippen LogP contribution in [0.3, 0.4) is 0 Å². The molecule has 0 unspecified atom stereocenters. The fraction of sp³-hybridized carbons (Fsp3) is 0.382. The van der Waals surface area contributed by atoms with Crippen molar-refractivity contribution in [3.63, 3.8) is 0 Å². The Balaban J connectivity index is 0.907. The molecule has 274 valence electrons. The Bertz CT molecular complexity index is 2320. The quantitative estimate of drug-likeness (QED) is 0.141. The van der Waals surface area contributed by atoms with Crippen LogP contribution in [0.25, 0.3) is 21.8 Å². The lowest BCUT2D eigenvalue weighted by Crippen LogP contribution is -2.44. The Morgan fingerprint density at radius 1 is 1.02 bits per heavy atom. The highest BCUT2D eigenvalue weighted by molar-refractivity contribution is 7.92.